The third-order valence-electron chi connectivity index (χ3n) is 3.82. The first-order valence-electron chi connectivity index (χ1n) is 9.42. The fourth-order valence-electron chi connectivity index (χ4n) is 2.26. The number of phosphoric acid groups is 2. The molecule has 2 aromatic heterocycles. The van der Waals surface area contributed by atoms with Crippen LogP contribution < -0.4 is 33.2 Å². The fourth-order valence-corrected chi connectivity index (χ4v) is 3.62. The lowest BCUT2D eigenvalue weighted by atomic mass is 10.3. The monoisotopic (exact) mass is 570 g/mol. The smallest absolute Gasteiger partial charge is 0.393 e. The molecule has 0 radical (unpaired) electrons. The number of hydrogen-bond acceptors (Lipinski definition) is 14. The first kappa shape index (κ1) is 29.7. The lowest BCUT2D eigenvalue weighted by Gasteiger charge is -2.21. The average molecular weight is 570 g/mol. The van der Waals surface area contributed by atoms with Gasteiger partial charge in [0.1, 0.15) is 11.4 Å². The van der Waals surface area contributed by atoms with Gasteiger partial charge in [0, 0.05) is 0 Å². The van der Waals surface area contributed by atoms with E-state index >= 15 is 0 Å². The number of aromatic nitrogens is 4. The molecule has 0 aliphatic rings. The molecule has 204 valence electrons. The van der Waals surface area contributed by atoms with Gasteiger partial charge in [0.2, 0.25) is 0 Å². The lowest BCUT2D eigenvalue weighted by Crippen LogP contribution is -2.36. The van der Waals surface area contributed by atoms with Gasteiger partial charge < -0.3 is 41.9 Å². The second-order valence-corrected chi connectivity index (χ2v) is 9.22. The minimum Gasteiger partial charge on any atom is -0.393 e. The van der Waals surface area contributed by atoms with E-state index in [1.807, 2.05) is 15.6 Å². The Morgan fingerprint density at radius 3 is 1.78 bits per heavy atom. The number of aliphatic hydroxyl groups is 1. The Morgan fingerprint density at radius 1 is 0.919 bits per heavy atom. The first-order chi connectivity index (χ1) is 17.1. The van der Waals surface area contributed by atoms with Crippen molar-refractivity contribution in [2.45, 2.75) is 12.2 Å². The lowest BCUT2D eigenvalue weighted by molar-refractivity contribution is -0.127. The number of nitrogens with one attached hydrogen (secondary N) is 4. The number of aromatic amines is 2. The predicted octanol–water partition coefficient (Wildman–Crippen LogP) is -3.43. The highest BCUT2D eigenvalue weighted by molar-refractivity contribution is 7.47. The second-order valence-electron chi connectivity index (χ2n) is 6.63. The van der Waals surface area contributed by atoms with Crippen molar-refractivity contribution in [2.24, 2.45) is 0 Å². The van der Waals surface area contributed by atoms with Gasteiger partial charge in [-0.05, 0) is 0 Å². The average Bonchev–Trinajstić information content (AvgIpc) is 2.78. The zero-order chi connectivity index (χ0) is 28.0. The SMILES string of the molecule is Nc1ncc(NC(=O)[C@@H](COP(=O)(O)O[C@H](CO)C(=O)Nc2cnc(N)[nH]c2=O)OP(=O)(O)O)c(=O)[nH]1. The largest absolute Gasteiger partial charge is 0.473 e. The van der Waals surface area contributed by atoms with Crippen LogP contribution in [-0.4, -0.2) is 77.0 Å². The molecule has 0 saturated heterocycles. The van der Waals surface area contributed by atoms with Crippen molar-refractivity contribution in [3.05, 3.63) is 33.1 Å². The number of nitrogens with two attached hydrogens (primary N) is 2. The number of phosphoric ester groups is 2. The minimum atomic E-state index is -5.40. The zero-order valence-electron chi connectivity index (χ0n) is 18.1. The summed E-state index contributed by atoms with van der Waals surface area (Å²) in [6.07, 6.45) is -2.79. The molecule has 2 aromatic rings. The number of carbonyl (C=O) groups excluding carboxylic acids is 2. The number of aliphatic hydroxyl groups excluding tert-OH is 1. The molecule has 21 nitrogen and oxygen atoms in total. The van der Waals surface area contributed by atoms with Crippen LogP contribution in [0.5, 0.6) is 0 Å². The number of H-pyrrole nitrogens is 2. The van der Waals surface area contributed by atoms with E-state index < -0.39 is 75.4 Å². The van der Waals surface area contributed by atoms with Gasteiger partial charge in [-0.15, -0.1) is 0 Å². The van der Waals surface area contributed by atoms with Gasteiger partial charge in [-0.2, -0.15) is 0 Å². The number of nitrogen functional groups attached to an aromatic ring is 2. The van der Waals surface area contributed by atoms with Crippen LogP contribution in [0.25, 0.3) is 0 Å². The van der Waals surface area contributed by atoms with E-state index in [0.29, 0.717) is 0 Å². The summed E-state index contributed by atoms with van der Waals surface area (Å²) >= 11 is 0. The summed E-state index contributed by atoms with van der Waals surface area (Å²) in [6, 6.07) is 0. The van der Waals surface area contributed by atoms with E-state index in [2.05, 4.69) is 28.5 Å². The summed E-state index contributed by atoms with van der Waals surface area (Å²) in [5.74, 6) is -3.34. The van der Waals surface area contributed by atoms with Gasteiger partial charge >= 0.3 is 15.6 Å². The van der Waals surface area contributed by atoms with Gasteiger partial charge in [0.25, 0.3) is 22.9 Å². The molecular formula is C14H20N8O13P2. The number of amides is 2. The molecule has 2 rings (SSSR count). The van der Waals surface area contributed by atoms with Crippen LogP contribution in [0.4, 0.5) is 23.3 Å². The van der Waals surface area contributed by atoms with E-state index in [1.165, 1.54) is 0 Å². The second kappa shape index (κ2) is 12.1. The summed E-state index contributed by atoms with van der Waals surface area (Å²) in [7, 11) is -10.8. The van der Waals surface area contributed by atoms with Gasteiger partial charge in [0.05, 0.1) is 25.6 Å². The molecule has 0 aliphatic heterocycles. The maximum atomic E-state index is 12.4. The van der Waals surface area contributed by atoms with Crippen molar-refractivity contribution >= 4 is 50.7 Å². The van der Waals surface area contributed by atoms with Gasteiger partial charge in [-0.3, -0.25) is 42.7 Å². The Labute approximate surface area is 204 Å². The van der Waals surface area contributed by atoms with Crippen LogP contribution in [0.15, 0.2) is 22.0 Å². The minimum absolute atomic E-state index is 0.278. The Bertz CT molecular complexity index is 1360. The molecule has 2 amide bonds. The van der Waals surface area contributed by atoms with E-state index in [9.17, 15) is 38.3 Å². The number of carbonyl (C=O) groups is 2. The number of nitrogens with zero attached hydrogens (tertiary/aromatic N) is 2. The molecule has 0 aromatic carbocycles. The third-order valence-corrected chi connectivity index (χ3v) is 5.34. The standard InChI is InChI=1S/C14H20N8O13P2/c15-13-17-1-5(9(24)21-13)19-11(26)7(3-23)35-37(31,32)33-4-8(34-36(28,29)30)12(27)20-6-2-18-14(16)22-10(6)25/h1-2,7-8,23H,3-4H2,(H,19,26)(H,20,27)(H,31,32)(H2,28,29,30)(H3,15,17,21,24)(H3,16,18,22,25)/t7-,8-/m1/s1. The molecule has 2 heterocycles. The molecule has 1 unspecified atom stereocenters. The maximum Gasteiger partial charge on any atom is 0.473 e. The Hall–Kier alpha value is -3.52. The molecule has 0 saturated carbocycles. The van der Waals surface area contributed by atoms with Gasteiger partial charge in [-0.25, -0.2) is 19.1 Å². The zero-order valence-corrected chi connectivity index (χ0v) is 19.9. The topological polar surface area (TPSA) is 344 Å². The highest BCUT2D eigenvalue weighted by Gasteiger charge is 2.36. The van der Waals surface area contributed by atoms with Crippen LogP contribution in [0, 0.1) is 0 Å². The summed E-state index contributed by atoms with van der Waals surface area (Å²) in [5, 5.41) is 13.2. The van der Waals surface area contributed by atoms with Crippen LogP contribution >= 0.6 is 15.6 Å². The number of rotatable bonds is 12. The summed E-state index contributed by atoms with van der Waals surface area (Å²) in [6.45, 7) is -2.58. The van der Waals surface area contributed by atoms with Crippen molar-refractivity contribution in [3.63, 3.8) is 0 Å². The van der Waals surface area contributed by atoms with Crippen molar-refractivity contribution in [3.8, 4) is 0 Å². The Morgan fingerprint density at radius 2 is 1.38 bits per heavy atom. The predicted molar refractivity (Wildman–Crippen MR) is 120 cm³/mol. The van der Waals surface area contributed by atoms with Crippen LogP contribution in [-0.2, 0) is 32.3 Å². The van der Waals surface area contributed by atoms with Crippen molar-refractivity contribution < 1.29 is 52.1 Å². The fraction of sp³-hybridized carbons (Fsp3) is 0.286. The quantitative estimate of drug-likeness (QED) is 0.111. The first-order valence-corrected chi connectivity index (χ1v) is 12.4. The normalized spacial score (nSPS) is 14.8. The van der Waals surface area contributed by atoms with E-state index in [0.717, 1.165) is 12.4 Å². The summed E-state index contributed by atoms with van der Waals surface area (Å²) in [5.41, 5.74) is 7.65. The van der Waals surface area contributed by atoms with Crippen LogP contribution in [0.1, 0.15) is 0 Å². The van der Waals surface area contributed by atoms with Crippen LogP contribution in [0.2, 0.25) is 0 Å². The highest BCUT2D eigenvalue weighted by Crippen LogP contribution is 2.46. The summed E-state index contributed by atoms with van der Waals surface area (Å²) < 4.78 is 36.7. The number of hydrogen-bond donors (Lipinski definition) is 10. The Balaban J connectivity index is 2.10. The molecule has 23 heteroatoms. The molecular weight excluding hydrogens is 550 g/mol. The van der Waals surface area contributed by atoms with Crippen molar-refractivity contribution in [1.82, 2.24) is 19.9 Å². The van der Waals surface area contributed by atoms with Crippen LogP contribution in [0.3, 0.4) is 0 Å². The molecule has 0 spiro atoms. The molecule has 12 N–H and O–H groups in total. The van der Waals surface area contributed by atoms with Crippen molar-refractivity contribution in [1.29, 1.82) is 0 Å². The molecule has 37 heavy (non-hydrogen) atoms. The molecule has 3 atom stereocenters. The van der Waals surface area contributed by atoms with E-state index in [1.54, 1.807) is 0 Å². The third kappa shape index (κ3) is 9.46. The van der Waals surface area contributed by atoms with E-state index in [4.69, 9.17) is 21.3 Å². The number of anilines is 4. The molecule has 0 fully saturated rings. The molecule has 0 bridgehead atoms. The van der Waals surface area contributed by atoms with Gasteiger partial charge in [0.15, 0.2) is 24.1 Å². The maximum absolute atomic E-state index is 12.4. The Kier molecular flexibility index (Phi) is 9.75. The molecule has 0 aliphatic carbocycles. The van der Waals surface area contributed by atoms with Gasteiger partial charge in [-0.1, -0.05) is 0 Å². The van der Waals surface area contributed by atoms with Crippen molar-refractivity contribution in [2.75, 3.05) is 35.3 Å². The summed E-state index contributed by atoms with van der Waals surface area (Å²) in [4.78, 5) is 87.1. The highest BCUT2D eigenvalue weighted by atomic mass is 31.2. The van der Waals surface area contributed by atoms with E-state index in [-0.39, 0.29) is 11.9 Å².